The number of aromatic nitrogens is 1. The molecular weight excluding hydrogens is 469 g/mol. The van der Waals surface area contributed by atoms with Crippen LogP contribution in [0.4, 0.5) is 4.39 Å². The third kappa shape index (κ3) is 4.27. The molecule has 2 aromatic rings. The highest BCUT2D eigenvalue weighted by Gasteiger charge is 2.45. The summed E-state index contributed by atoms with van der Waals surface area (Å²) in [6.45, 7) is 2.28. The zero-order valence-electron chi connectivity index (χ0n) is 19.7. The van der Waals surface area contributed by atoms with Crippen molar-refractivity contribution < 1.29 is 22.9 Å². The van der Waals surface area contributed by atoms with E-state index in [4.69, 9.17) is 14.3 Å². The lowest BCUT2D eigenvalue weighted by molar-refractivity contribution is -0.135. The Morgan fingerprint density at radius 3 is 2.91 bits per heavy atom. The van der Waals surface area contributed by atoms with Crippen molar-refractivity contribution in [2.75, 3.05) is 26.0 Å². The maximum absolute atomic E-state index is 15.0. The van der Waals surface area contributed by atoms with Gasteiger partial charge in [0.1, 0.15) is 16.8 Å². The summed E-state index contributed by atoms with van der Waals surface area (Å²) < 4.78 is 47.5. The second-order valence-corrected chi connectivity index (χ2v) is 11.5. The van der Waals surface area contributed by atoms with E-state index in [2.05, 4.69) is 4.98 Å². The molecule has 0 saturated heterocycles. The number of hydrogen-bond acceptors (Lipinski definition) is 6. The SMILES string of the molecule is COCC[S@](=N)(=O)C1C(F)=CC2=C(C1C)N(C(=O)[C@H]1Cc3cc(-c4ccccn4)ccc3O1)CC2. The first-order valence-corrected chi connectivity index (χ1v) is 13.5. The normalized spacial score (nSPS) is 24.9. The Bertz CT molecular complexity index is 1320. The first kappa shape index (κ1) is 23.7. The number of ether oxygens (including phenoxy) is 2. The number of fused-ring (bicyclic) bond motifs is 1. The maximum atomic E-state index is 15.0. The molecule has 5 rings (SSSR count). The van der Waals surface area contributed by atoms with Crippen molar-refractivity contribution in [1.82, 2.24) is 9.88 Å². The molecule has 1 aliphatic carbocycles. The minimum atomic E-state index is -3.30. The first-order valence-electron chi connectivity index (χ1n) is 11.7. The quantitative estimate of drug-likeness (QED) is 0.649. The highest BCUT2D eigenvalue weighted by atomic mass is 32.2. The van der Waals surface area contributed by atoms with Gasteiger partial charge in [0, 0.05) is 43.5 Å². The number of pyridine rings is 1. The van der Waals surface area contributed by atoms with Gasteiger partial charge in [0.15, 0.2) is 6.10 Å². The fraction of sp³-hybridized carbons (Fsp3) is 0.385. The Balaban J connectivity index is 1.37. The van der Waals surface area contributed by atoms with Crippen LogP contribution in [0.1, 0.15) is 18.9 Å². The zero-order valence-corrected chi connectivity index (χ0v) is 20.5. The van der Waals surface area contributed by atoms with E-state index in [0.29, 0.717) is 30.8 Å². The lowest BCUT2D eigenvalue weighted by Crippen LogP contribution is -2.44. The number of allylic oxidation sites excluding steroid dienone is 2. The van der Waals surface area contributed by atoms with E-state index in [1.807, 2.05) is 36.4 Å². The molecule has 1 aromatic carbocycles. The highest BCUT2D eigenvalue weighted by molar-refractivity contribution is 7.93. The van der Waals surface area contributed by atoms with Gasteiger partial charge in [-0.15, -0.1) is 0 Å². The molecule has 3 aliphatic rings. The van der Waals surface area contributed by atoms with Gasteiger partial charge in [-0.3, -0.25) is 14.6 Å². The molecule has 2 aliphatic heterocycles. The van der Waals surface area contributed by atoms with Gasteiger partial charge in [0.05, 0.1) is 27.8 Å². The van der Waals surface area contributed by atoms with E-state index in [-0.39, 0.29) is 18.3 Å². The number of amides is 1. The van der Waals surface area contributed by atoms with Crippen molar-refractivity contribution in [2.24, 2.45) is 5.92 Å². The molecule has 35 heavy (non-hydrogen) atoms. The summed E-state index contributed by atoms with van der Waals surface area (Å²) in [6.07, 6.45) is 3.37. The molecule has 0 saturated carbocycles. The Kier molecular flexibility index (Phi) is 6.23. The number of benzene rings is 1. The summed E-state index contributed by atoms with van der Waals surface area (Å²) in [5.41, 5.74) is 4.14. The van der Waals surface area contributed by atoms with Crippen molar-refractivity contribution >= 4 is 15.6 Å². The predicted octanol–water partition coefficient (Wildman–Crippen LogP) is 4.10. The van der Waals surface area contributed by atoms with Crippen LogP contribution < -0.4 is 4.74 Å². The number of halogens is 1. The number of carbonyl (C=O) groups is 1. The molecule has 0 radical (unpaired) electrons. The van der Waals surface area contributed by atoms with Crippen molar-refractivity contribution in [3.8, 4) is 17.0 Å². The predicted molar refractivity (Wildman–Crippen MR) is 131 cm³/mol. The molecule has 0 spiro atoms. The van der Waals surface area contributed by atoms with Crippen LogP contribution in [0.15, 0.2) is 65.8 Å². The standard InChI is InChI=1S/C26H28FN3O4S/c1-16-24-18(14-20(27)25(16)35(28,32)12-11-33-2)8-10-30(24)26(31)23-15-19-13-17(6-7-22(19)34-23)21-5-3-4-9-29-21/h3-7,9,13-14,16,23,25,28H,8,10-12,15H2,1-2H3/t16?,23-,25?,35+/m1/s1. The molecule has 0 fully saturated rings. The van der Waals surface area contributed by atoms with E-state index in [1.165, 1.54) is 13.2 Å². The van der Waals surface area contributed by atoms with Crippen LogP contribution >= 0.6 is 0 Å². The summed E-state index contributed by atoms with van der Waals surface area (Å²) in [7, 11) is -1.84. The average molecular weight is 498 g/mol. The molecular formula is C26H28FN3O4S. The largest absolute Gasteiger partial charge is 0.480 e. The minimum Gasteiger partial charge on any atom is -0.480 e. The van der Waals surface area contributed by atoms with Gasteiger partial charge >= 0.3 is 0 Å². The van der Waals surface area contributed by atoms with Gasteiger partial charge in [-0.1, -0.05) is 13.0 Å². The van der Waals surface area contributed by atoms with Gasteiger partial charge in [-0.2, -0.15) is 0 Å². The minimum absolute atomic E-state index is 0.0595. The summed E-state index contributed by atoms with van der Waals surface area (Å²) in [5, 5.41) is -1.10. The monoisotopic (exact) mass is 497 g/mol. The molecule has 4 atom stereocenters. The average Bonchev–Trinajstić information content (AvgIpc) is 3.46. The number of nitrogens with one attached hydrogen (secondary N) is 1. The summed E-state index contributed by atoms with van der Waals surface area (Å²) >= 11 is 0. The third-order valence-corrected chi connectivity index (χ3v) is 9.16. The van der Waals surface area contributed by atoms with E-state index in [0.717, 1.165) is 22.4 Å². The van der Waals surface area contributed by atoms with Crippen LogP contribution in [0, 0.1) is 10.7 Å². The molecule has 0 bridgehead atoms. The Morgan fingerprint density at radius 2 is 2.17 bits per heavy atom. The lowest BCUT2D eigenvalue weighted by Gasteiger charge is -2.34. The molecule has 7 nitrogen and oxygen atoms in total. The van der Waals surface area contributed by atoms with Gasteiger partial charge < -0.3 is 14.4 Å². The van der Waals surface area contributed by atoms with Gasteiger partial charge in [0.2, 0.25) is 0 Å². The van der Waals surface area contributed by atoms with Crippen molar-refractivity contribution in [3.63, 3.8) is 0 Å². The van der Waals surface area contributed by atoms with Crippen molar-refractivity contribution in [2.45, 2.75) is 31.1 Å². The molecule has 184 valence electrons. The van der Waals surface area contributed by atoms with Crippen LogP contribution in [-0.2, 0) is 25.7 Å². The van der Waals surface area contributed by atoms with Gasteiger partial charge in [0.25, 0.3) is 5.91 Å². The zero-order chi connectivity index (χ0) is 24.7. The lowest BCUT2D eigenvalue weighted by atomic mass is 9.92. The molecule has 1 N–H and O–H groups in total. The molecule has 1 aromatic heterocycles. The Morgan fingerprint density at radius 1 is 1.34 bits per heavy atom. The Labute approximate surface area is 204 Å². The molecule has 1 amide bonds. The third-order valence-electron chi connectivity index (χ3n) is 6.93. The van der Waals surface area contributed by atoms with Crippen LogP contribution in [0.2, 0.25) is 0 Å². The highest BCUT2D eigenvalue weighted by Crippen LogP contribution is 2.42. The molecule has 2 unspecified atom stereocenters. The van der Waals surface area contributed by atoms with Crippen LogP contribution in [0.5, 0.6) is 5.75 Å². The number of hydrogen-bond donors (Lipinski definition) is 1. The number of rotatable bonds is 6. The summed E-state index contributed by atoms with van der Waals surface area (Å²) in [6, 6.07) is 11.5. The Hall–Kier alpha value is -3.04. The van der Waals surface area contributed by atoms with Gasteiger partial charge in [-0.05, 0) is 54.0 Å². The molecule has 3 heterocycles. The fourth-order valence-corrected chi connectivity index (χ4v) is 7.19. The van der Waals surface area contributed by atoms with E-state index in [9.17, 15) is 13.4 Å². The van der Waals surface area contributed by atoms with Crippen molar-refractivity contribution in [1.29, 1.82) is 4.78 Å². The van der Waals surface area contributed by atoms with E-state index < -0.39 is 32.8 Å². The number of nitrogens with zero attached hydrogens (tertiary/aromatic N) is 2. The maximum Gasteiger partial charge on any atom is 0.268 e. The number of carbonyl (C=O) groups excluding carboxylic acids is 1. The first-order chi connectivity index (χ1) is 16.8. The summed E-state index contributed by atoms with van der Waals surface area (Å²) in [4.78, 5) is 19.6. The van der Waals surface area contributed by atoms with Crippen molar-refractivity contribution in [3.05, 3.63) is 71.3 Å². The van der Waals surface area contributed by atoms with E-state index in [1.54, 1.807) is 18.0 Å². The second kappa shape index (κ2) is 9.20. The van der Waals surface area contributed by atoms with Crippen LogP contribution in [-0.4, -0.2) is 57.4 Å². The topological polar surface area (TPSA) is 92.6 Å². The number of methoxy groups -OCH3 is 1. The fourth-order valence-electron chi connectivity index (χ4n) is 5.30. The van der Waals surface area contributed by atoms with Crippen LogP contribution in [0.25, 0.3) is 11.3 Å². The van der Waals surface area contributed by atoms with E-state index >= 15 is 0 Å². The smallest absolute Gasteiger partial charge is 0.268 e. The van der Waals surface area contributed by atoms with Gasteiger partial charge in [-0.25, -0.2) is 8.60 Å². The second-order valence-electron chi connectivity index (χ2n) is 9.16. The molecule has 9 heteroatoms. The summed E-state index contributed by atoms with van der Waals surface area (Å²) in [5.74, 6) is -0.697. The van der Waals surface area contributed by atoms with Crippen LogP contribution in [0.3, 0.4) is 0 Å².